The lowest BCUT2D eigenvalue weighted by molar-refractivity contribution is -0.144. The van der Waals surface area contributed by atoms with Crippen LogP contribution in [0.2, 0.25) is 0 Å². The van der Waals surface area contributed by atoms with Crippen molar-refractivity contribution in [3.63, 3.8) is 0 Å². The Morgan fingerprint density at radius 3 is 1.62 bits per heavy atom. The molecule has 3 fully saturated rings. The zero-order valence-corrected chi connectivity index (χ0v) is 61.4. The number of aliphatic hydroxyl groups is 4. The van der Waals surface area contributed by atoms with Crippen molar-refractivity contribution in [2.75, 3.05) is 52.4 Å². The molecular formula is C66H98N22O24. The van der Waals surface area contributed by atoms with Gasteiger partial charge in [-0.15, -0.1) is 0 Å². The Kier molecular flexibility index (Phi) is 35.1. The monoisotopic (exact) mass is 1580 g/mol. The van der Waals surface area contributed by atoms with Crippen LogP contribution in [0.4, 0.5) is 0 Å². The standard InChI is InChI=1S/C66H98N22O24/c1-30(2)52(60(106)76-24-49(96)79-41(65(111)112)16-33-22-72-29-77-33)84-50(97)25-75-58(104)44-17-34(91)26-87(44)64(110)42(28-89)83-56(102)39(20-46(68)93)78-48(95)23-74-57(103)43-12-8-14-86(43)63(109)40(21-47(69)94)82-61(107)53(31(3)90)85-59(105)45-18-35(92)27-88(45)62(108)37(11-7-13-73-66(70)71)80-55(101)38(15-32-9-5-4-6-10-32)81-54(100)36(67)19-51(98)99/h4-6,9-10,22,29-31,34-45,52-53,89-92H,7-8,11-21,23-28,67H2,1-3H3,(H2,68,93)(H2,69,94)(H,72,77)(H,74,103)(H,75,104)(H,76,106)(H,78,95)(H,79,96)(H,80,101)(H,81,100)(H,82,107)(H,83,102)(H,84,97)(H,85,105)(H,98,99)(H,111,112)(H4,70,71,73)/t31-,34?,35?,36+,37+,38+,39+,40+,41+,42+,43+,44+,45+,52+,53+/m1/s1. The number of imidazole rings is 1. The van der Waals surface area contributed by atoms with Gasteiger partial charge in [-0.25, -0.2) is 9.78 Å². The maximum absolute atomic E-state index is 14.6. The minimum absolute atomic E-state index is 0.0138. The molecular weight excluding hydrogens is 1480 g/mol. The van der Waals surface area contributed by atoms with Gasteiger partial charge in [0.15, 0.2) is 5.96 Å². The summed E-state index contributed by atoms with van der Waals surface area (Å²) >= 11 is 0. The maximum Gasteiger partial charge on any atom is 0.326 e. The summed E-state index contributed by atoms with van der Waals surface area (Å²) in [5.74, 6) is -21.0. The van der Waals surface area contributed by atoms with Gasteiger partial charge in [0.2, 0.25) is 94.5 Å². The predicted octanol–water partition coefficient (Wildman–Crippen LogP) is -12.9. The van der Waals surface area contributed by atoms with Crippen molar-refractivity contribution in [1.29, 1.82) is 0 Å². The number of β-amino-alcohol motifs (C(OH)–C–C–N with tert-alkyl or cyclic N) is 2. The lowest BCUT2D eigenvalue weighted by Gasteiger charge is -2.32. The lowest BCUT2D eigenvalue weighted by atomic mass is 10.0. The molecule has 0 radical (unpaired) electrons. The molecule has 5 rings (SSSR count). The second-order valence-electron chi connectivity index (χ2n) is 27.1. The Bertz CT molecular complexity index is 3770. The average Bonchev–Trinajstić information content (AvgIpc) is 1.63. The molecule has 46 nitrogen and oxygen atoms in total. The van der Waals surface area contributed by atoms with Crippen molar-refractivity contribution >= 4 is 112 Å². The van der Waals surface area contributed by atoms with Gasteiger partial charge in [-0.05, 0) is 44.1 Å². The molecule has 0 spiro atoms. The van der Waals surface area contributed by atoms with E-state index in [1.54, 1.807) is 44.2 Å². The first-order valence-electron chi connectivity index (χ1n) is 35.4. The molecule has 15 atom stereocenters. The van der Waals surface area contributed by atoms with Gasteiger partial charge >= 0.3 is 11.9 Å². The number of primary amides is 2. The molecule has 1 aromatic carbocycles. The van der Waals surface area contributed by atoms with Crippen LogP contribution in [0.5, 0.6) is 0 Å². The number of hydrogen-bond acceptors (Lipinski definition) is 25. The first-order valence-corrected chi connectivity index (χ1v) is 35.4. The largest absolute Gasteiger partial charge is 0.481 e. The SMILES string of the molecule is CC(C)[C@H](NC(=O)CNC(=O)[C@@H]1CC(O)CN1C(=O)[C@H](CO)NC(=O)[C@H](CC(N)=O)NC(=O)CNC(=O)[C@@H]1CCCN1C(=O)[C@H](CC(N)=O)NC(=O)[C@@H](NC(=O)[C@@H]1CC(O)CN1C(=O)[C@H](CCCN=C(N)N)NC(=O)[C@H](Cc1ccccc1)NC(=O)[C@@H](N)CC(=O)O)[C@@H](C)O)C(=O)NCC(=O)N[C@@H](Cc1cnc[nH]1)C(=O)O. The summed E-state index contributed by atoms with van der Waals surface area (Å²) in [6.45, 7) is -0.890. The summed E-state index contributed by atoms with van der Waals surface area (Å²) in [6.07, 6.45) is -6.03. The molecule has 2 aromatic rings. The minimum atomic E-state index is -2.00. The zero-order chi connectivity index (χ0) is 83.4. The van der Waals surface area contributed by atoms with Crippen LogP contribution in [-0.4, -0.2) is 311 Å². The minimum Gasteiger partial charge on any atom is -0.481 e. The number of carbonyl (C=O) groups is 18. The summed E-state index contributed by atoms with van der Waals surface area (Å²) in [7, 11) is 0. The number of nitrogens with one attached hydrogen (secondary N) is 12. The van der Waals surface area contributed by atoms with E-state index in [0.717, 1.165) is 21.6 Å². The highest BCUT2D eigenvalue weighted by Crippen LogP contribution is 2.24. The normalized spacial score (nSPS) is 19.2. The van der Waals surface area contributed by atoms with Gasteiger partial charge in [0.25, 0.3) is 0 Å². The highest BCUT2D eigenvalue weighted by molar-refractivity contribution is 6.01. The van der Waals surface area contributed by atoms with Gasteiger partial charge in [0.1, 0.15) is 66.5 Å². The van der Waals surface area contributed by atoms with Crippen LogP contribution in [0.1, 0.15) is 89.8 Å². The number of aromatic nitrogens is 2. The van der Waals surface area contributed by atoms with Crippen LogP contribution >= 0.6 is 0 Å². The number of aromatic amines is 1. The van der Waals surface area contributed by atoms with Gasteiger partial charge in [-0.2, -0.15) is 0 Å². The van der Waals surface area contributed by atoms with E-state index < -0.39 is 275 Å². The van der Waals surface area contributed by atoms with Crippen molar-refractivity contribution in [1.82, 2.24) is 83.2 Å². The number of carboxylic acids is 2. The Hall–Kier alpha value is -12.0. The van der Waals surface area contributed by atoms with E-state index in [1.165, 1.54) is 12.5 Å². The summed E-state index contributed by atoms with van der Waals surface area (Å²) in [5, 5.41) is 87.0. The van der Waals surface area contributed by atoms with Gasteiger partial charge < -0.3 is 137 Å². The first kappa shape index (κ1) is 90.6. The third-order valence-electron chi connectivity index (χ3n) is 17.9. The number of carboxylic acid groups (broad SMARTS) is 2. The number of hydrogen-bond donors (Lipinski definition) is 23. The lowest BCUT2D eigenvalue weighted by Crippen LogP contribution is -2.61. The highest BCUT2D eigenvalue weighted by atomic mass is 16.4. The van der Waals surface area contributed by atoms with Crippen LogP contribution in [0.3, 0.4) is 0 Å². The number of H-pyrrole nitrogens is 1. The highest BCUT2D eigenvalue weighted by Gasteiger charge is 2.46. The Labute approximate surface area is 638 Å². The molecule has 0 aliphatic carbocycles. The number of benzene rings is 1. The number of nitrogens with zero attached hydrogens (tertiary/aromatic N) is 5. The molecule has 2 unspecified atom stereocenters. The quantitative estimate of drug-likeness (QED) is 0.0167. The van der Waals surface area contributed by atoms with Crippen LogP contribution < -0.4 is 87.2 Å². The molecule has 46 heteroatoms. The fourth-order valence-corrected chi connectivity index (χ4v) is 12.3. The summed E-state index contributed by atoms with van der Waals surface area (Å²) in [4.78, 5) is 253. The second-order valence-corrected chi connectivity index (χ2v) is 27.1. The van der Waals surface area contributed by atoms with Gasteiger partial charge in [-0.3, -0.25) is 86.5 Å². The molecule has 616 valence electrons. The van der Waals surface area contributed by atoms with Crippen molar-refractivity contribution in [2.24, 2.45) is 39.6 Å². The fraction of sp³-hybridized carbons (Fsp3) is 0.576. The van der Waals surface area contributed by atoms with E-state index in [1.807, 2.05) is 0 Å². The van der Waals surface area contributed by atoms with E-state index in [-0.39, 0.29) is 57.6 Å². The average molecular weight is 1580 g/mol. The Morgan fingerprint density at radius 1 is 0.562 bits per heavy atom. The molecule has 16 amide bonds. The van der Waals surface area contributed by atoms with Crippen molar-refractivity contribution < 1.29 is 117 Å². The Morgan fingerprint density at radius 2 is 1.08 bits per heavy atom. The van der Waals surface area contributed by atoms with E-state index in [4.69, 9.17) is 28.7 Å². The number of rotatable bonds is 43. The maximum atomic E-state index is 14.6. The molecule has 0 bridgehead atoms. The fourth-order valence-electron chi connectivity index (χ4n) is 12.3. The number of aliphatic hydroxyl groups excluding tert-OH is 4. The van der Waals surface area contributed by atoms with Crippen molar-refractivity contribution in [3.8, 4) is 0 Å². The van der Waals surface area contributed by atoms with E-state index in [9.17, 15) is 117 Å². The number of aliphatic imine (C=N–C) groups is 1. The molecule has 0 saturated carbocycles. The summed E-state index contributed by atoms with van der Waals surface area (Å²) in [5.41, 5.74) is 28.6. The van der Waals surface area contributed by atoms with E-state index in [0.29, 0.717) is 11.3 Å². The summed E-state index contributed by atoms with van der Waals surface area (Å²) < 4.78 is 0. The third-order valence-corrected chi connectivity index (χ3v) is 17.9. The number of nitrogens with two attached hydrogens (primary N) is 5. The summed E-state index contributed by atoms with van der Waals surface area (Å²) in [6, 6.07) is -11.5. The predicted molar refractivity (Wildman–Crippen MR) is 383 cm³/mol. The zero-order valence-electron chi connectivity index (χ0n) is 61.4. The van der Waals surface area contributed by atoms with Crippen LogP contribution in [0.15, 0.2) is 47.8 Å². The number of likely N-dealkylation sites (tertiary alicyclic amines) is 3. The molecule has 28 N–H and O–H groups in total. The number of aliphatic carboxylic acids is 2. The van der Waals surface area contributed by atoms with E-state index >= 15 is 0 Å². The second kappa shape index (κ2) is 43.4. The molecule has 4 heterocycles. The van der Waals surface area contributed by atoms with Crippen molar-refractivity contribution in [2.45, 2.75) is 182 Å². The third kappa shape index (κ3) is 28.1. The van der Waals surface area contributed by atoms with Crippen LogP contribution in [0, 0.1) is 5.92 Å². The molecule has 3 aliphatic heterocycles. The van der Waals surface area contributed by atoms with Gasteiger partial charge in [0.05, 0.1) is 76.2 Å². The molecule has 3 aliphatic rings. The molecule has 112 heavy (non-hydrogen) atoms. The van der Waals surface area contributed by atoms with E-state index in [2.05, 4.69) is 73.4 Å². The Balaban J connectivity index is 1.19. The molecule has 3 saturated heterocycles. The topological polar surface area (TPSA) is 742 Å². The molecule has 1 aromatic heterocycles. The number of carbonyl (C=O) groups excluding carboxylic acids is 16. The van der Waals surface area contributed by atoms with Crippen molar-refractivity contribution in [3.05, 3.63) is 54.1 Å². The van der Waals surface area contributed by atoms with Gasteiger partial charge in [0, 0.05) is 63.8 Å². The number of guanidine groups is 1. The first-order chi connectivity index (χ1) is 52.8. The van der Waals surface area contributed by atoms with Gasteiger partial charge in [-0.1, -0.05) is 44.2 Å². The number of amides is 16. The smallest absolute Gasteiger partial charge is 0.326 e. The van der Waals surface area contributed by atoms with Crippen LogP contribution in [0.25, 0.3) is 0 Å². The van der Waals surface area contributed by atoms with Crippen LogP contribution in [-0.2, 0) is 99.1 Å².